The Morgan fingerprint density at radius 3 is 3.20 bits per heavy atom. The highest BCUT2D eigenvalue weighted by atomic mass is 16.1. The van der Waals surface area contributed by atoms with Crippen molar-refractivity contribution in [3.05, 3.63) is 0 Å². The average molecular weight is 141 g/mol. The smallest absolute Gasteiger partial charge is 0.220 e. The van der Waals surface area contributed by atoms with Crippen LogP contribution in [-0.2, 0) is 4.79 Å². The van der Waals surface area contributed by atoms with Gasteiger partial charge in [-0.3, -0.25) is 4.79 Å². The second-order valence-electron chi connectivity index (χ2n) is 2.97. The third-order valence-corrected chi connectivity index (χ3v) is 2.16. The number of carbonyl (C=O) groups excluding carboxylic acids is 1. The highest BCUT2D eigenvalue weighted by Gasteiger charge is 2.14. The van der Waals surface area contributed by atoms with Crippen molar-refractivity contribution in [3.8, 4) is 0 Å². The van der Waals surface area contributed by atoms with Gasteiger partial charge in [-0.15, -0.1) is 0 Å². The van der Waals surface area contributed by atoms with Crippen molar-refractivity contribution in [1.29, 1.82) is 0 Å². The van der Waals surface area contributed by atoms with Gasteiger partial charge in [0.05, 0.1) is 0 Å². The van der Waals surface area contributed by atoms with E-state index in [2.05, 4.69) is 12.2 Å². The van der Waals surface area contributed by atoms with Crippen LogP contribution in [0.25, 0.3) is 0 Å². The summed E-state index contributed by atoms with van der Waals surface area (Å²) in [5, 5.41) is 2.87. The van der Waals surface area contributed by atoms with Gasteiger partial charge in [-0.25, -0.2) is 0 Å². The molecule has 1 aliphatic rings. The predicted octanol–water partition coefficient (Wildman–Crippen LogP) is 1.31. The molecule has 1 heterocycles. The Morgan fingerprint density at radius 2 is 2.50 bits per heavy atom. The molecule has 1 rings (SSSR count). The first-order valence-corrected chi connectivity index (χ1v) is 4.09. The number of hydrogen-bond acceptors (Lipinski definition) is 1. The molecule has 1 aliphatic heterocycles. The Morgan fingerprint density at radius 1 is 1.70 bits per heavy atom. The van der Waals surface area contributed by atoms with Gasteiger partial charge in [0.25, 0.3) is 0 Å². The van der Waals surface area contributed by atoms with Gasteiger partial charge in [0.1, 0.15) is 0 Å². The minimum absolute atomic E-state index is 0.240. The van der Waals surface area contributed by atoms with Crippen LogP contribution in [0.5, 0.6) is 0 Å². The van der Waals surface area contributed by atoms with E-state index >= 15 is 0 Å². The van der Waals surface area contributed by atoms with Crippen molar-refractivity contribution in [2.24, 2.45) is 5.92 Å². The second kappa shape index (κ2) is 3.59. The molecular weight excluding hydrogens is 126 g/mol. The fraction of sp³-hybridized carbons (Fsp3) is 0.875. The van der Waals surface area contributed by atoms with Gasteiger partial charge in [0.15, 0.2) is 0 Å². The van der Waals surface area contributed by atoms with E-state index in [9.17, 15) is 4.79 Å². The van der Waals surface area contributed by atoms with Gasteiger partial charge < -0.3 is 5.32 Å². The molecule has 0 aromatic rings. The van der Waals surface area contributed by atoms with Gasteiger partial charge in [-0.1, -0.05) is 13.3 Å². The SMILES string of the molecule is CCC1CCCNC(=O)C1. The standard InChI is InChI=1S/C8H15NO/c1-2-7-4-3-5-9-8(10)6-7/h7H,2-6H2,1H3,(H,9,10). The van der Waals surface area contributed by atoms with Crippen LogP contribution < -0.4 is 5.32 Å². The topological polar surface area (TPSA) is 29.1 Å². The number of amides is 1. The van der Waals surface area contributed by atoms with Crippen molar-refractivity contribution in [3.63, 3.8) is 0 Å². The highest BCUT2D eigenvalue weighted by molar-refractivity contribution is 5.76. The molecule has 10 heavy (non-hydrogen) atoms. The molecule has 2 heteroatoms. The third-order valence-electron chi connectivity index (χ3n) is 2.16. The molecule has 0 radical (unpaired) electrons. The molecule has 2 nitrogen and oxygen atoms in total. The summed E-state index contributed by atoms with van der Waals surface area (Å²) in [6.45, 7) is 3.04. The van der Waals surface area contributed by atoms with Crippen LogP contribution in [0.3, 0.4) is 0 Å². The molecule has 1 N–H and O–H groups in total. The van der Waals surface area contributed by atoms with Gasteiger partial charge in [-0.05, 0) is 18.8 Å². The van der Waals surface area contributed by atoms with Gasteiger partial charge in [0.2, 0.25) is 5.91 Å². The molecule has 0 bridgehead atoms. The third kappa shape index (κ3) is 2.01. The summed E-state index contributed by atoms with van der Waals surface area (Å²) in [5.74, 6) is 0.881. The minimum Gasteiger partial charge on any atom is -0.356 e. The monoisotopic (exact) mass is 141 g/mol. The van der Waals surface area contributed by atoms with Crippen LogP contribution >= 0.6 is 0 Å². The summed E-state index contributed by atoms with van der Waals surface area (Å²) in [6, 6.07) is 0. The van der Waals surface area contributed by atoms with Crippen LogP contribution in [0, 0.1) is 5.92 Å². The van der Waals surface area contributed by atoms with Gasteiger partial charge in [0, 0.05) is 13.0 Å². The lowest BCUT2D eigenvalue weighted by atomic mass is 9.98. The summed E-state index contributed by atoms with van der Waals surface area (Å²) < 4.78 is 0. The van der Waals surface area contributed by atoms with Crippen molar-refractivity contribution < 1.29 is 4.79 Å². The van der Waals surface area contributed by atoms with E-state index in [1.165, 1.54) is 6.42 Å². The first-order chi connectivity index (χ1) is 4.83. The second-order valence-corrected chi connectivity index (χ2v) is 2.97. The molecule has 0 spiro atoms. The Bertz CT molecular complexity index is 122. The molecule has 1 atom stereocenters. The number of nitrogens with one attached hydrogen (secondary N) is 1. The van der Waals surface area contributed by atoms with E-state index in [1.54, 1.807) is 0 Å². The maximum atomic E-state index is 10.9. The molecule has 1 amide bonds. The maximum Gasteiger partial charge on any atom is 0.220 e. The van der Waals surface area contributed by atoms with E-state index in [4.69, 9.17) is 0 Å². The zero-order chi connectivity index (χ0) is 7.40. The zero-order valence-corrected chi connectivity index (χ0v) is 6.52. The summed E-state index contributed by atoms with van der Waals surface area (Å²) in [5.41, 5.74) is 0. The minimum atomic E-state index is 0.240. The van der Waals surface area contributed by atoms with Gasteiger partial charge in [-0.2, -0.15) is 0 Å². The highest BCUT2D eigenvalue weighted by Crippen LogP contribution is 2.16. The maximum absolute atomic E-state index is 10.9. The van der Waals surface area contributed by atoms with Gasteiger partial charge >= 0.3 is 0 Å². The van der Waals surface area contributed by atoms with E-state index in [-0.39, 0.29) is 5.91 Å². The Labute approximate surface area is 62.0 Å². The molecule has 1 saturated heterocycles. The van der Waals surface area contributed by atoms with Crippen molar-refractivity contribution >= 4 is 5.91 Å². The lowest BCUT2D eigenvalue weighted by molar-refractivity contribution is -0.121. The quantitative estimate of drug-likeness (QED) is 0.586. The van der Waals surface area contributed by atoms with Crippen LogP contribution in [0.2, 0.25) is 0 Å². The van der Waals surface area contributed by atoms with Crippen molar-refractivity contribution in [2.45, 2.75) is 32.6 Å². The summed E-state index contributed by atoms with van der Waals surface area (Å²) in [6.07, 6.45) is 4.27. The lowest BCUT2D eigenvalue weighted by Gasteiger charge is -2.07. The molecule has 0 aromatic heterocycles. The lowest BCUT2D eigenvalue weighted by Crippen LogP contribution is -2.22. The predicted molar refractivity (Wildman–Crippen MR) is 40.6 cm³/mol. The van der Waals surface area contributed by atoms with Crippen LogP contribution in [0.1, 0.15) is 32.6 Å². The van der Waals surface area contributed by atoms with Crippen molar-refractivity contribution in [2.75, 3.05) is 6.54 Å². The summed E-state index contributed by atoms with van der Waals surface area (Å²) in [4.78, 5) is 10.9. The zero-order valence-electron chi connectivity index (χ0n) is 6.52. The Balaban J connectivity index is 2.38. The van der Waals surface area contributed by atoms with Crippen LogP contribution in [0.15, 0.2) is 0 Å². The largest absolute Gasteiger partial charge is 0.356 e. The molecule has 0 aromatic carbocycles. The molecular formula is C8H15NO. The van der Waals surface area contributed by atoms with E-state index in [1.807, 2.05) is 0 Å². The normalized spacial score (nSPS) is 27.3. The molecule has 1 fully saturated rings. The Hall–Kier alpha value is -0.530. The summed E-state index contributed by atoms with van der Waals surface area (Å²) >= 11 is 0. The van der Waals surface area contributed by atoms with Crippen LogP contribution in [-0.4, -0.2) is 12.5 Å². The molecule has 1 unspecified atom stereocenters. The fourth-order valence-corrected chi connectivity index (χ4v) is 1.40. The summed E-state index contributed by atoms with van der Waals surface area (Å²) in [7, 11) is 0. The number of hydrogen-bond donors (Lipinski definition) is 1. The van der Waals surface area contributed by atoms with Crippen molar-refractivity contribution in [1.82, 2.24) is 5.32 Å². The first-order valence-electron chi connectivity index (χ1n) is 4.09. The number of carbonyl (C=O) groups is 1. The molecule has 58 valence electrons. The molecule has 0 saturated carbocycles. The Kier molecular flexibility index (Phi) is 2.72. The van der Waals surface area contributed by atoms with E-state index < -0.39 is 0 Å². The van der Waals surface area contributed by atoms with E-state index in [0.717, 1.165) is 25.8 Å². The fourth-order valence-electron chi connectivity index (χ4n) is 1.40. The average Bonchev–Trinajstić information content (AvgIpc) is 2.13. The van der Waals surface area contributed by atoms with Crippen LogP contribution in [0.4, 0.5) is 0 Å². The molecule has 0 aliphatic carbocycles. The number of rotatable bonds is 1. The first kappa shape index (κ1) is 7.58. The van der Waals surface area contributed by atoms with E-state index in [0.29, 0.717) is 5.92 Å².